The summed E-state index contributed by atoms with van der Waals surface area (Å²) in [7, 11) is 4.93. The zero-order chi connectivity index (χ0) is 28.4. The molecule has 12 heteroatoms. The summed E-state index contributed by atoms with van der Waals surface area (Å²) >= 11 is 12.5. The number of rotatable bonds is 11. The van der Waals surface area contributed by atoms with Crippen LogP contribution in [0.1, 0.15) is 25.7 Å². The summed E-state index contributed by atoms with van der Waals surface area (Å²) in [5.74, 6) is 0.840. The Morgan fingerprint density at radius 2 is 1.74 bits per heavy atom. The summed E-state index contributed by atoms with van der Waals surface area (Å²) in [4.78, 5) is 43.2. The first-order valence-corrected chi connectivity index (χ1v) is 13.7. The lowest BCUT2D eigenvalue weighted by Gasteiger charge is -2.37. The SMILES string of the molecule is CNCCNC(=O)CN(CC(=O)N(C)C1CCN(C(=O)OC)CC1)C1=C(Oc2ccc(Cl)cc2)CCC(Cl)=C1. The topological polar surface area (TPSA) is 103 Å². The van der Waals surface area contributed by atoms with Gasteiger partial charge in [-0.1, -0.05) is 23.2 Å². The van der Waals surface area contributed by atoms with Gasteiger partial charge in [-0.25, -0.2) is 4.79 Å². The van der Waals surface area contributed by atoms with Crippen LogP contribution in [0.2, 0.25) is 5.02 Å². The van der Waals surface area contributed by atoms with Gasteiger partial charge in [0.25, 0.3) is 0 Å². The minimum absolute atomic E-state index is 0.0334. The molecule has 10 nitrogen and oxygen atoms in total. The van der Waals surface area contributed by atoms with E-state index in [1.807, 2.05) is 7.05 Å². The van der Waals surface area contributed by atoms with E-state index in [1.165, 1.54) is 7.11 Å². The van der Waals surface area contributed by atoms with Gasteiger partial charge in [0.2, 0.25) is 11.8 Å². The molecule has 0 bridgehead atoms. The molecular weight excluding hydrogens is 545 g/mol. The maximum atomic E-state index is 13.5. The molecular formula is C27H37Cl2N5O5. The Kier molecular flexibility index (Phi) is 11.8. The van der Waals surface area contributed by atoms with Crippen LogP contribution >= 0.6 is 23.2 Å². The maximum Gasteiger partial charge on any atom is 0.409 e. The largest absolute Gasteiger partial charge is 0.460 e. The number of carbonyl (C=O) groups excluding carboxylic acids is 3. The molecule has 1 aromatic carbocycles. The minimum atomic E-state index is -0.362. The van der Waals surface area contributed by atoms with Gasteiger partial charge in [0, 0.05) is 55.7 Å². The molecule has 2 aliphatic rings. The third-order valence-corrected chi connectivity index (χ3v) is 7.31. The van der Waals surface area contributed by atoms with Crippen molar-refractivity contribution in [1.29, 1.82) is 0 Å². The van der Waals surface area contributed by atoms with E-state index in [0.717, 1.165) is 0 Å². The molecule has 1 saturated heterocycles. The number of nitrogens with one attached hydrogen (secondary N) is 2. The van der Waals surface area contributed by atoms with Crippen LogP contribution in [0.4, 0.5) is 4.79 Å². The second kappa shape index (κ2) is 15.0. The molecule has 0 spiro atoms. The van der Waals surface area contributed by atoms with E-state index in [1.54, 1.807) is 52.1 Å². The van der Waals surface area contributed by atoms with E-state index >= 15 is 0 Å². The maximum absolute atomic E-state index is 13.5. The predicted molar refractivity (Wildman–Crippen MR) is 151 cm³/mol. The number of halogens is 2. The Morgan fingerprint density at radius 1 is 1.05 bits per heavy atom. The molecule has 1 aromatic rings. The Balaban J connectivity index is 1.80. The fourth-order valence-corrected chi connectivity index (χ4v) is 4.83. The van der Waals surface area contributed by atoms with Crippen LogP contribution in [0.3, 0.4) is 0 Å². The van der Waals surface area contributed by atoms with Crippen molar-refractivity contribution < 1.29 is 23.9 Å². The molecule has 3 amide bonds. The predicted octanol–water partition coefficient (Wildman–Crippen LogP) is 3.17. The number of nitrogens with zero attached hydrogens (tertiary/aromatic N) is 3. The van der Waals surface area contributed by atoms with Gasteiger partial charge >= 0.3 is 6.09 Å². The molecule has 1 aliphatic carbocycles. The van der Waals surface area contributed by atoms with E-state index in [9.17, 15) is 14.4 Å². The van der Waals surface area contributed by atoms with Crippen LogP contribution in [0.15, 0.2) is 46.8 Å². The van der Waals surface area contributed by atoms with Crippen molar-refractivity contribution in [1.82, 2.24) is 25.3 Å². The number of likely N-dealkylation sites (tertiary alicyclic amines) is 1. The zero-order valence-electron chi connectivity index (χ0n) is 22.7. The third-order valence-electron chi connectivity index (χ3n) is 6.76. The lowest BCUT2D eigenvalue weighted by Crippen LogP contribution is -2.50. The summed E-state index contributed by atoms with van der Waals surface area (Å²) in [6.45, 7) is 2.01. The molecule has 2 N–H and O–H groups in total. The molecule has 1 fully saturated rings. The fourth-order valence-electron chi connectivity index (χ4n) is 4.50. The second-order valence-electron chi connectivity index (χ2n) is 9.46. The van der Waals surface area contributed by atoms with Crippen molar-refractivity contribution in [2.75, 3.05) is 60.5 Å². The lowest BCUT2D eigenvalue weighted by molar-refractivity contribution is -0.134. The first kappa shape index (κ1) is 30.6. The van der Waals surface area contributed by atoms with Crippen LogP contribution < -0.4 is 15.4 Å². The number of allylic oxidation sites excluding steroid dienone is 3. The highest BCUT2D eigenvalue weighted by Crippen LogP contribution is 2.31. The standard InChI is InChI=1S/C27H37Cl2N5O5/c1-30-12-13-31-25(35)17-34(18-26(36)32(2)21-10-14-33(15-11-21)27(37)38-3)23-16-20(29)6-9-24(23)39-22-7-4-19(28)5-8-22/h4-5,7-8,16,21,30H,6,9-15,17-18H2,1-3H3,(H,31,35). The first-order valence-electron chi connectivity index (χ1n) is 13.0. The van der Waals surface area contributed by atoms with Crippen molar-refractivity contribution >= 4 is 41.1 Å². The van der Waals surface area contributed by atoms with Gasteiger partial charge in [-0.2, -0.15) is 0 Å². The Bertz CT molecular complexity index is 1070. The molecule has 0 atom stereocenters. The average Bonchev–Trinajstić information content (AvgIpc) is 2.94. The van der Waals surface area contributed by atoms with Crippen LogP contribution in [-0.4, -0.2) is 99.1 Å². The quantitative estimate of drug-likeness (QED) is 0.387. The van der Waals surface area contributed by atoms with Gasteiger partial charge < -0.3 is 34.8 Å². The van der Waals surface area contributed by atoms with Gasteiger partial charge in [0.1, 0.15) is 11.5 Å². The Hall–Kier alpha value is -2.95. The molecule has 0 radical (unpaired) electrons. The van der Waals surface area contributed by atoms with Crippen molar-refractivity contribution in [3.63, 3.8) is 0 Å². The molecule has 3 rings (SSSR count). The number of ether oxygens (including phenoxy) is 2. The average molecular weight is 583 g/mol. The van der Waals surface area contributed by atoms with E-state index in [4.69, 9.17) is 32.7 Å². The van der Waals surface area contributed by atoms with Crippen molar-refractivity contribution in [2.24, 2.45) is 0 Å². The zero-order valence-corrected chi connectivity index (χ0v) is 24.2. The summed E-state index contributed by atoms with van der Waals surface area (Å²) in [5.41, 5.74) is 0.590. The number of benzene rings is 1. The number of likely N-dealkylation sites (N-methyl/N-ethyl adjacent to an activating group) is 2. The van der Waals surface area contributed by atoms with Gasteiger partial charge in [-0.3, -0.25) is 9.59 Å². The lowest BCUT2D eigenvalue weighted by atomic mass is 10.0. The highest BCUT2D eigenvalue weighted by atomic mass is 35.5. The highest BCUT2D eigenvalue weighted by Gasteiger charge is 2.30. The normalized spacial score (nSPS) is 15.9. The molecule has 0 unspecified atom stereocenters. The van der Waals surface area contributed by atoms with Gasteiger partial charge in [0.05, 0.1) is 25.9 Å². The minimum Gasteiger partial charge on any atom is -0.460 e. The second-order valence-corrected chi connectivity index (χ2v) is 10.4. The molecule has 39 heavy (non-hydrogen) atoms. The first-order chi connectivity index (χ1) is 18.7. The number of amides is 3. The third kappa shape index (κ3) is 9.05. The van der Waals surface area contributed by atoms with Crippen molar-refractivity contribution in [2.45, 2.75) is 31.7 Å². The monoisotopic (exact) mass is 581 g/mol. The van der Waals surface area contributed by atoms with Crippen LogP contribution in [0, 0.1) is 0 Å². The van der Waals surface area contributed by atoms with E-state index in [2.05, 4.69) is 10.6 Å². The van der Waals surface area contributed by atoms with E-state index < -0.39 is 0 Å². The van der Waals surface area contributed by atoms with Gasteiger partial charge in [-0.05, 0) is 56.7 Å². The van der Waals surface area contributed by atoms with Crippen molar-refractivity contribution in [3.05, 3.63) is 51.9 Å². The summed E-state index contributed by atoms with van der Waals surface area (Å²) in [6, 6.07) is 6.97. The number of hydrogen-bond acceptors (Lipinski definition) is 7. The van der Waals surface area contributed by atoms with Crippen molar-refractivity contribution in [3.8, 4) is 5.75 Å². The fraction of sp³-hybridized carbons (Fsp3) is 0.519. The number of piperidine rings is 1. The van der Waals surface area contributed by atoms with Gasteiger partial charge in [-0.15, -0.1) is 0 Å². The number of hydrogen-bond donors (Lipinski definition) is 2. The summed E-state index contributed by atoms with van der Waals surface area (Å²) < 4.78 is 11.0. The molecule has 0 aromatic heterocycles. The molecule has 1 aliphatic heterocycles. The van der Waals surface area contributed by atoms with Crippen LogP contribution in [0.25, 0.3) is 0 Å². The van der Waals surface area contributed by atoms with Crippen LogP contribution in [0.5, 0.6) is 5.75 Å². The summed E-state index contributed by atoms with van der Waals surface area (Å²) in [6.07, 6.45) is 3.78. The van der Waals surface area contributed by atoms with E-state index in [-0.39, 0.29) is 37.0 Å². The van der Waals surface area contributed by atoms with Gasteiger partial charge in [0.15, 0.2) is 0 Å². The number of carbonyl (C=O) groups is 3. The smallest absolute Gasteiger partial charge is 0.409 e. The summed E-state index contributed by atoms with van der Waals surface area (Å²) in [5, 5.41) is 7.07. The van der Waals surface area contributed by atoms with E-state index in [0.29, 0.717) is 79.1 Å². The number of methoxy groups -OCH3 is 1. The Labute approximate surface area is 239 Å². The molecule has 1 heterocycles. The van der Waals surface area contributed by atoms with Crippen LogP contribution in [-0.2, 0) is 14.3 Å². The molecule has 0 saturated carbocycles. The highest BCUT2D eigenvalue weighted by molar-refractivity contribution is 6.30. The Morgan fingerprint density at radius 3 is 2.38 bits per heavy atom. The molecule has 214 valence electrons.